The predicted octanol–water partition coefficient (Wildman–Crippen LogP) is 3.15. The Morgan fingerprint density at radius 2 is 1.81 bits per heavy atom. The van der Waals surface area contributed by atoms with Gasteiger partial charge >= 0.3 is 0 Å². The molecule has 10 heteroatoms. The van der Waals surface area contributed by atoms with Crippen LogP contribution in [-0.2, 0) is 14.8 Å². The van der Waals surface area contributed by atoms with Gasteiger partial charge in [0.1, 0.15) is 0 Å². The summed E-state index contributed by atoms with van der Waals surface area (Å²) in [5.74, 6) is -0.714. The van der Waals surface area contributed by atoms with Crippen LogP contribution in [0.5, 0.6) is 0 Å². The first-order valence-electron chi connectivity index (χ1n) is 9.76. The highest BCUT2D eigenvalue weighted by Gasteiger charge is 2.33. The van der Waals surface area contributed by atoms with Gasteiger partial charge in [0.2, 0.25) is 15.9 Å². The first-order valence-corrected chi connectivity index (χ1v) is 11.2. The van der Waals surface area contributed by atoms with E-state index in [-0.39, 0.29) is 41.3 Å². The summed E-state index contributed by atoms with van der Waals surface area (Å²) < 4.78 is 27.3. The van der Waals surface area contributed by atoms with Crippen molar-refractivity contribution in [1.29, 1.82) is 0 Å². The molecule has 2 aromatic rings. The number of nitrogens with one attached hydrogen (secondary N) is 1. The molecule has 1 aliphatic rings. The van der Waals surface area contributed by atoms with Crippen LogP contribution in [0.1, 0.15) is 35.7 Å². The highest BCUT2D eigenvalue weighted by atomic mass is 32.2. The summed E-state index contributed by atoms with van der Waals surface area (Å²) in [5.41, 5.74) is 1.15. The Balaban J connectivity index is 1.68. The van der Waals surface area contributed by atoms with E-state index in [4.69, 9.17) is 0 Å². The van der Waals surface area contributed by atoms with E-state index in [0.717, 1.165) is 6.07 Å². The second kappa shape index (κ2) is 8.94. The number of piperidine rings is 1. The van der Waals surface area contributed by atoms with Gasteiger partial charge in [0, 0.05) is 42.4 Å². The highest BCUT2D eigenvalue weighted by Crippen LogP contribution is 2.28. The van der Waals surface area contributed by atoms with Gasteiger partial charge < -0.3 is 5.32 Å². The van der Waals surface area contributed by atoms with Gasteiger partial charge in [0.05, 0.1) is 9.82 Å². The molecular weight excluding hydrogens is 422 g/mol. The first-order chi connectivity index (χ1) is 14.6. The third-order valence-corrected chi connectivity index (χ3v) is 7.40. The number of Topliss-reactive ketones (excluding diaryl/α,β-unsaturated/α-hetero) is 1. The number of ketones is 1. The van der Waals surface area contributed by atoms with Crippen LogP contribution in [-0.4, -0.2) is 42.4 Å². The lowest BCUT2D eigenvalue weighted by molar-refractivity contribution is -0.385. The number of anilines is 1. The Labute approximate surface area is 180 Å². The summed E-state index contributed by atoms with van der Waals surface area (Å²) in [7, 11) is -3.91. The molecule has 3 rings (SSSR count). The molecule has 1 amide bonds. The maximum Gasteiger partial charge on any atom is 0.270 e. The maximum absolute atomic E-state index is 13.0. The number of nitro benzene ring substituents is 1. The minimum Gasteiger partial charge on any atom is -0.326 e. The molecule has 1 fully saturated rings. The lowest BCUT2D eigenvalue weighted by atomic mass is 9.97. The Hall–Kier alpha value is -3.11. The number of hydrogen-bond donors (Lipinski definition) is 1. The third-order valence-electron chi connectivity index (χ3n) is 5.36. The zero-order chi connectivity index (χ0) is 22.8. The first kappa shape index (κ1) is 22.6. The zero-order valence-corrected chi connectivity index (χ0v) is 18.0. The van der Waals surface area contributed by atoms with E-state index in [2.05, 4.69) is 5.32 Å². The topological polar surface area (TPSA) is 127 Å². The van der Waals surface area contributed by atoms with Gasteiger partial charge in [-0.15, -0.1) is 0 Å². The van der Waals surface area contributed by atoms with E-state index in [1.165, 1.54) is 23.4 Å². The number of nitro groups is 1. The second-order valence-corrected chi connectivity index (χ2v) is 9.42. The van der Waals surface area contributed by atoms with Gasteiger partial charge in [-0.25, -0.2) is 8.42 Å². The number of carbonyl (C=O) groups is 2. The van der Waals surface area contributed by atoms with E-state index in [1.807, 2.05) is 0 Å². The molecule has 0 atom stereocenters. The molecule has 2 aromatic carbocycles. The molecular formula is C21H23N3O6S. The molecule has 1 heterocycles. The number of benzene rings is 2. The van der Waals surface area contributed by atoms with Crippen LogP contribution in [0.25, 0.3) is 0 Å². The normalized spacial score (nSPS) is 15.4. The number of carbonyl (C=O) groups excluding carboxylic acids is 2. The van der Waals surface area contributed by atoms with E-state index in [9.17, 15) is 28.1 Å². The van der Waals surface area contributed by atoms with Crippen LogP contribution in [0.15, 0.2) is 47.4 Å². The summed E-state index contributed by atoms with van der Waals surface area (Å²) in [4.78, 5) is 34.4. The van der Waals surface area contributed by atoms with Crippen molar-refractivity contribution in [2.24, 2.45) is 5.92 Å². The number of non-ortho nitro benzene ring substituents is 1. The van der Waals surface area contributed by atoms with E-state index in [1.54, 1.807) is 31.2 Å². The third kappa shape index (κ3) is 4.97. The largest absolute Gasteiger partial charge is 0.326 e. The molecule has 164 valence electrons. The highest BCUT2D eigenvalue weighted by molar-refractivity contribution is 7.89. The predicted molar refractivity (Wildman–Crippen MR) is 114 cm³/mol. The number of amides is 1. The SMILES string of the molecule is CC(=O)c1cccc(NC(=O)C2CCN(S(=O)(=O)c3cc([N+](=O)[O-])ccc3C)CC2)c1. The molecule has 1 N–H and O–H groups in total. The lowest BCUT2D eigenvalue weighted by Crippen LogP contribution is -2.41. The average molecular weight is 445 g/mol. The van der Waals surface area contributed by atoms with Gasteiger partial charge in [-0.2, -0.15) is 4.31 Å². The van der Waals surface area contributed by atoms with Crippen LogP contribution in [0.2, 0.25) is 0 Å². The number of sulfonamides is 1. The number of nitrogens with zero attached hydrogens (tertiary/aromatic N) is 2. The Kier molecular flexibility index (Phi) is 6.51. The minimum absolute atomic E-state index is 0.0920. The lowest BCUT2D eigenvalue weighted by Gasteiger charge is -2.30. The quantitative estimate of drug-likeness (QED) is 0.413. The van der Waals surface area contributed by atoms with E-state index < -0.39 is 14.9 Å². The second-order valence-electron chi connectivity index (χ2n) is 7.51. The van der Waals surface area contributed by atoms with Crippen LogP contribution >= 0.6 is 0 Å². The maximum atomic E-state index is 13.0. The summed E-state index contributed by atoms with van der Waals surface area (Å²) in [6.45, 7) is 3.30. The Morgan fingerprint density at radius 1 is 1.13 bits per heavy atom. The van der Waals surface area contributed by atoms with E-state index >= 15 is 0 Å². The van der Waals surface area contributed by atoms with Crippen molar-refractivity contribution in [2.75, 3.05) is 18.4 Å². The molecule has 0 radical (unpaired) electrons. The van der Waals surface area contributed by atoms with Gasteiger partial charge in [0.25, 0.3) is 5.69 Å². The summed E-state index contributed by atoms with van der Waals surface area (Å²) in [5, 5.41) is 13.8. The molecule has 0 unspecified atom stereocenters. The number of aryl methyl sites for hydroxylation is 1. The van der Waals surface area contributed by atoms with Crippen molar-refractivity contribution in [3.8, 4) is 0 Å². The molecule has 1 saturated heterocycles. The van der Waals surface area contributed by atoms with Gasteiger partial charge in [-0.05, 0) is 44.4 Å². The fourth-order valence-corrected chi connectivity index (χ4v) is 5.25. The summed E-state index contributed by atoms with van der Waals surface area (Å²) in [6.07, 6.45) is 0.650. The minimum atomic E-state index is -3.91. The van der Waals surface area contributed by atoms with Crippen LogP contribution in [0.3, 0.4) is 0 Å². The fraction of sp³-hybridized carbons (Fsp3) is 0.333. The monoisotopic (exact) mass is 445 g/mol. The van der Waals surface area contributed by atoms with Crippen LogP contribution < -0.4 is 5.32 Å². The van der Waals surface area contributed by atoms with Crippen molar-refractivity contribution in [3.05, 3.63) is 63.7 Å². The van der Waals surface area contributed by atoms with Crippen molar-refractivity contribution >= 4 is 33.1 Å². The molecule has 0 aromatic heterocycles. The van der Waals surface area contributed by atoms with Crippen LogP contribution in [0.4, 0.5) is 11.4 Å². The molecule has 0 bridgehead atoms. The standard InChI is InChI=1S/C21H23N3O6S/c1-14-6-7-19(24(27)28)13-20(14)31(29,30)23-10-8-16(9-11-23)21(26)22-18-5-3-4-17(12-18)15(2)25/h3-7,12-13,16H,8-11H2,1-2H3,(H,22,26). The van der Waals surface area contributed by atoms with Gasteiger partial charge in [-0.1, -0.05) is 18.2 Å². The Morgan fingerprint density at radius 3 is 2.42 bits per heavy atom. The number of rotatable bonds is 6. The van der Waals surface area contributed by atoms with E-state index in [0.29, 0.717) is 29.7 Å². The van der Waals surface area contributed by atoms with Crippen molar-refractivity contribution < 1.29 is 22.9 Å². The van der Waals surface area contributed by atoms with Crippen molar-refractivity contribution in [1.82, 2.24) is 4.31 Å². The van der Waals surface area contributed by atoms with Crippen molar-refractivity contribution in [3.63, 3.8) is 0 Å². The summed E-state index contributed by atoms with van der Waals surface area (Å²) in [6, 6.07) is 10.4. The molecule has 1 aliphatic heterocycles. The molecule has 0 spiro atoms. The Bertz CT molecular complexity index is 1140. The fourth-order valence-electron chi connectivity index (χ4n) is 3.54. The van der Waals surface area contributed by atoms with Gasteiger partial charge in [-0.3, -0.25) is 19.7 Å². The molecule has 0 saturated carbocycles. The average Bonchev–Trinajstić information content (AvgIpc) is 2.74. The molecule has 9 nitrogen and oxygen atoms in total. The van der Waals surface area contributed by atoms with Crippen molar-refractivity contribution in [2.45, 2.75) is 31.6 Å². The zero-order valence-electron chi connectivity index (χ0n) is 17.2. The smallest absolute Gasteiger partial charge is 0.270 e. The summed E-state index contributed by atoms with van der Waals surface area (Å²) >= 11 is 0. The molecule has 0 aliphatic carbocycles. The molecule has 31 heavy (non-hydrogen) atoms. The van der Waals surface area contributed by atoms with Crippen LogP contribution in [0, 0.1) is 23.0 Å². The number of hydrogen-bond acceptors (Lipinski definition) is 6. The van der Waals surface area contributed by atoms with Gasteiger partial charge in [0.15, 0.2) is 5.78 Å².